The van der Waals surface area contributed by atoms with Gasteiger partial charge in [0.2, 0.25) is 5.91 Å². The van der Waals surface area contributed by atoms with Crippen molar-refractivity contribution >= 4 is 34.4 Å². The van der Waals surface area contributed by atoms with Crippen LogP contribution in [0.15, 0.2) is 35.4 Å². The van der Waals surface area contributed by atoms with E-state index >= 15 is 8.78 Å². The van der Waals surface area contributed by atoms with Crippen molar-refractivity contribution in [1.82, 2.24) is 24.4 Å². The number of hydrogen-bond acceptors (Lipinski definition) is 9. The predicted octanol–water partition coefficient (Wildman–Crippen LogP) is 5.26. The van der Waals surface area contributed by atoms with Gasteiger partial charge in [-0.3, -0.25) is 14.2 Å². The zero-order chi connectivity index (χ0) is 34.4. The molecule has 3 fully saturated rings. The highest BCUT2D eigenvalue weighted by Gasteiger charge is 2.44. The molecule has 4 aromatic rings. The number of carbonyl (C=O) groups is 2. The Balaban J connectivity index is 1.39. The number of piperazine rings is 1. The third-order valence-electron chi connectivity index (χ3n) is 9.41. The molecule has 1 aromatic carbocycles. The summed E-state index contributed by atoms with van der Waals surface area (Å²) in [4.78, 5) is 58.7. The lowest BCUT2D eigenvalue weighted by molar-refractivity contribution is -0.118. The van der Waals surface area contributed by atoms with Crippen LogP contribution in [0.3, 0.4) is 0 Å². The van der Waals surface area contributed by atoms with Crippen LogP contribution in [0.25, 0.3) is 28.0 Å². The molecule has 0 spiro atoms. The highest BCUT2D eigenvalue weighted by atomic mass is 19.1. The summed E-state index contributed by atoms with van der Waals surface area (Å²) in [6.45, 7) is 5.60. The fourth-order valence-electron chi connectivity index (χ4n) is 6.89. The summed E-state index contributed by atoms with van der Waals surface area (Å²) >= 11 is 0. The number of rotatable bonds is 5. The van der Waals surface area contributed by atoms with Gasteiger partial charge in [-0.1, -0.05) is 6.07 Å². The summed E-state index contributed by atoms with van der Waals surface area (Å²) in [5, 5.41) is 3.03. The SMILES string of the molecule is COc1cccc(F)c1-c1nc2c(cc1F)c1c(c(=O)n2-c2c(C3CC3)ncnc2C2CC2)NC(=O)[C@H]2CN(C(=O)OC(C)(C)C)CCN12. The number of fused-ring (bicyclic) bond motifs is 5. The summed E-state index contributed by atoms with van der Waals surface area (Å²) in [5.74, 6) is -1.82. The van der Waals surface area contributed by atoms with Crippen LogP contribution in [0.2, 0.25) is 0 Å². The molecule has 2 aliphatic heterocycles. The summed E-state index contributed by atoms with van der Waals surface area (Å²) in [6.07, 6.45) is 4.47. The number of aromatic nitrogens is 4. The van der Waals surface area contributed by atoms with Gasteiger partial charge in [-0.15, -0.1) is 0 Å². The number of methoxy groups -OCH3 is 1. The average Bonchev–Trinajstić information content (AvgIpc) is 3.99. The van der Waals surface area contributed by atoms with Crippen molar-refractivity contribution in [2.75, 3.05) is 37.0 Å². The summed E-state index contributed by atoms with van der Waals surface area (Å²) < 4.78 is 44.2. The van der Waals surface area contributed by atoms with Crippen molar-refractivity contribution in [3.63, 3.8) is 0 Å². The Labute approximate surface area is 280 Å². The van der Waals surface area contributed by atoms with E-state index in [1.165, 1.54) is 47.2 Å². The zero-order valence-electron chi connectivity index (χ0n) is 27.5. The first-order valence-corrected chi connectivity index (χ1v) is 16.5. The average molecular weight is 672 g/mol. The van der Waals surface area contributed by atoms with E-state index in [1.807, 2.05) is 0 Å². The smallest absolute Gasteiger partial charge is 0.410 e. The van der Waals surface area contributed by atoms with E-state index in [0.717, 1.165) is 25.7 Å². The van der Waals surface area contributed by atoms with Gasteiger partial charge in [0.15, 0.2) is 11.5 Å². The molecule has 0 bridgehead atoms. The molecule has 2 aliphatic carbocycles. The van der Waals surface area contributed by atoms with Gasteiger partial charge in [0.05, 0.1) is 42.0 Å². The molecular formula is C35H35F2N7O5. The molecule has 4 aliphatic rings. The van der Waals surface area contributed by atoms with Crippen LogP contribution in [-0.2, 0) is 9.53 Å². The van der Waals surface area contributed by atoms with E-state index in [2.05, 4.69) is 15.3 Å². The summed E-state index contributed by atoms with van der Waals surface area (Å²) in [5.41, 5.74) is 0.295. The van der Waals surface area contributed by atoms with Gasteiger partial charge in [-0.25, -0.2) is 28.5 Å². The first-order chi connectivity index (χ1) is 23.4. The third-order valence-corrected chi connectivity index (χ3v) is 9.41. The first-order valence-electron chi connectivity index (χ1n) is 16.5. The molecule has 2 saturated carbocycles. The lowest BCUT2D eigenvalue weighted by Crippen LogP contribution is -2.62. The first kappa shape index (κ1) is 31.1. The van der Waals surface area contributed by atoms with E-state index in [0.29, 0.717) is 17.1 Å². The Morgan fingerprint density at radius 2 is 1.67 bits per heavy atom. The second-order valence-electron chi connectivity index (χ2n) is 14.0. The fourth-order valence-corrected chi connectivity index (χ4v) is 6.89. The molecule has 1 saturated heterocycles. The third kappa shape index (κ3) is 5.24. The number of ether oxygens (including phenoxy) is 2. The van der Waals surface area contributed by atoms with Gasteiger partial charge in [-0.2, -0.15) is 0 Å². The van der Waals surface area contributed by atoms with Crippen LogP contribution < -0.4 is 20.5 Å². The van der Waals surface area contributed by atoms with Crippen LogP contribution in [0.5, 0.6) is 5.75 Å². The van der Waals surface area contributed by atoms with Gasteiger partial charge in [0.25, 0.3) is 5.56 Å². The standard InChI is InChI=1S/C35H35F2N7O5/c1-35(2,3)49-34(47)42-12-13-43-22(15-42)32(45)41-28-29(43)19-14-21(37)27(24-20(36)6-5-7-23(24)48-4)40-31(19)44(33(28)46)30-25(17-8-9-17)38-16-39-26(30)18-10-11-18/h5-7,14,16-18,22H,8-13,15H2,1-4H3,(H,41,45)/t22-/m1/s1. The van der Waals surface area contributed by atoms with Gasteiger partial charge >= 0.3 is 6.09 Å². The van der Waals surface area contributed by atoms with Crippen LogP contribution >= 0.6 is 0 Å². The molecule has 0 unspecified atom stereocenters. The molecule has 1 atom stereocenters. The second kappa shape index (κ2) is 11.2. The number of amides is 2. The predicted molar refractivity (Wildman–Crippen MR) is 176 cm³/mol. The molecule has 254 valence electrons. The fraction of sp³-hybridized carbons (Fsp3) is 0.429. The highest BCUT2D eigenvalue weighted by molar-refractivity contribution is 6.10. The van der Waals surface area contributed by atoms with Crippen molar-refractivity contribution in [2.45, 2.75) is 69.9 Å². The van der Waals surface area contributed by atoms with Gasteiger partial charge in [0, 0.05) is 30.3 Å². The van der Waals surface area contributed by atoms with Crippen LogP contribution in [0, 0.1) is 11.6 Å². The van der Waals surface area contributed by atoms with E-state index in [1.54, 1.807) is 25.7 Å². The topological polar surface area (TPSA) is 132 Å². The van der Waals surface area contributed by atoms with E-state index < -0.39 is 40.8 Å². The second-order valence-corrected chi connectivity index (χ2v) is 14.0. The van der Waals surface area contributed by atoms with E-state index in [9.17, 15) is 14.4 Å². The van der Waals surface area contributed by atoms with Crippen LogP contribution in [0.1, 0.15) is 69.7 Å². The number of benzene rings is 1. The van der Waals surface area contributed by atoms with Crippen molar-refractivity contribution in [2.24, 2.45) is 0 Å². The molecule has 3 aromatic heterocycles. The summed E-state index contributed by atoms with van der Waals surface area (Å²) in [6, 6.07) is 4.48. The van der Waals surface area contributed by atoms with Gasteiger partial charge in [0.1, 0.15) is 40.9 Å². The van der Waals surface area contributed by atoms with Crippen molar-refractivity contribution < 1.29 is 27.8 Å². The van der Waals surface area contributed by atoms with Crippen molar-refractivity contribution in [3.8, 4) is 22.7 Å². The van der Waals surface area contributed by atoms with Crippen molar-refractivity contribution in [3.05, 3.63) is 64.0 Å². The Hall–Kier alpha value is -5.14. The Morgan fingerprint density at radius 1 is 0.980 bits per heavy atom. The minimum Gasteiger partial charge on any atom is -0.496 e. The van der Waals surface area contributed by atoms with E-state index in [-0.39, 0.29) is 70.9 Å². The number of anilines is 2. The Morgan fingerprint density at radius 3 is 2.31 bits per heavy atom. The Bertz CT molecular complexity index is 2090. The summed E-state index contributed by atoms with van der Waals surface area (Å²) in [7, 11) is 1.36. The van der Waals surface area contributed by atoms with Crippen molar-refractivity contribution in [1.29, 1.82) is 0 Å². The molecule has 12 nitrogen and oxygen atoms in total. The van der Waals surface area contributed by atoms with Gasteiger partial charge in [-0.05, 0) is 64.7 Å². The molecule has 0 radical (unpaired) electrons. The minimum absolute atomic E-state index is 0.0185. The van der Waals surface area contributed by atoms with Crippen LogP contribution in [-0.4, -0.2) is 74.8 Å². The molecule has 14 heteroatoms. The number of nitrogens with zero attached hydrogens (tertiary/aromatic N) is 6. The largest absolute Gasteiger partial charge is 0.496 e. The van der Waals surface area contributed by atoms with Crippen LogP contribution in [0.4, 0.5) is 25.0 Å². The quantitative estimate of drug-likeness (QED) is 0.302. The lowest BCUT2D eigenvalue weighted by atomic mass is 10.0. The zero-order valence-corrected chi connectivity index (χ0v) is 27.5. The van der Waals surface area contributed by atoms with E-state index in [4.69, 9.17) is 14.5 Å². The number of pyridine rings is 2. The minimum atomic E-state index is -0.897. The molecule has 2 amide bonds. The maximum Gasteiger partial charge on any atom is 0.410 e. The maximum atomic E-state index is 16.4. The molecular weight excluding hydrogens is 636 g/mol. The highest BCUT2D eigenvalue weighted by Crippen LogP contribution is 2.49. The number of carbonyl (C=O) groups excluding carboxylic acids is 2. The number of hydrogen-bond donors (Lipinski definition) is 1. The Kier molecular flexibility index (Phi) is 7.12. The maximum absolute atomic E-state index is 16.4. The van der Waals surface area contributed by atoms with Gasteiger partial charge < -0.3 is 24.6 Å². The molecule has 1 N–H and O–H groups in total. The number of halogens is 2. The molecule has 49 heavy (non-hydrogen) atoms. The lowest BCUT2D eigenvalue weighted by Gasteiger charge is -2.45. The molecule has 5 heterocycles. The molecule has 8 rings (SSSR count). The number of nitrogens with one attached hydrogen (secondary N) is 1. The monoisotopic (exact) mass is 671 g/mol. The normalized spacial score (nSPS) is 19.0.